The number of esters is 3. The van der Waals surface area contributed by atoms with Crippen molar-refractivity contribution in [2.75, 3.05) is 13.2 Å². The van der Waals surface area contributed by atoms with Crippen LogP contribution in [0.5, 0.6) is 0 Å². The zero-order valence-corrected chi connectivity index (χ0v) is 40.0. The topological polar surface area (TPSA) is 78.9 Å². The molecule has 0 aromatic heterocycles. The largest absolute Gasteiger partial charge is 0.462 e. The summed E-state index contributed by atoms with van der Waals surface area (Å²) in [5.41, 5.74) is 0. The van der Waals surface area contributed by atoms with E-state index in [4.69, 9.17) is 14.2 Å². The number of carbonyl (C=O) groups is 3. The summed E-state index contributed by atoms with van der Waals surface area (Å²) < 4.78 is 16.6. The van der Waals surface area contributed by atoms with E-state index in [1.54, 1.807) is 0 Å². The Morgan fingerprint density at radius 1 is 0.350 bits per heavy atom. The van der Waals surface area contributed by atoms with E-state index in [1.165, 1.54) is 141 Å². The van der Waals surface area contributed by atoms with Crippen LogP contribution in [0.15, 0.2) is 36.5 Å². The molecule has 6 nitrogen and oxygen atoms in total. The summed E-state index contributed by atoms with van der Waals surface area (Å²) in [4.78, 5) is 37.6. The van der Waals surface area contributed by atoms with Crippen LogP contribution in [0.2, 0.25) is 0 Å². The van der Waals surface area contributed by atoms with Crippen LogP contribution >= 0.6 is 0 Å². The second kappa shape index (κ2) is 49.3. The molecule has 0 bridgehead atoms. The highest BCUT2D eigenvalue weighted by molar-refractivity contribution is 5.71. The monoisotopic (exact) mass is 843 g/mol. The highest BCUT2D eigenvalue weighted by atomic mass is 16.6. The molecule has 0 aliphatic carbocycles. The fraction of sp³-hybridized carbons (Fsp3) is 0.833. The Labute approximate surface area is 372 Å². The quantitative estimate of drug-likeness (QED) is 0.0263. The normalized spacial score (nSPS) is 12.2. The second-order valence-corrected chi connectivity index (χ2v) is 17.4. The number of unbranched alkanes of at least 4 members (excludes halogenated alkanes) is 30. The fourth-order valence-corrected chi connectivity index (χ4v) is 7.52. The summed E-state index contributed by atoms with van der Waals surface area (Å²) in [6.07, 6.45) is 57.6. The van der Waals surface area contributed by atoms with Gasteiger partial charge >= 0.3 is 17.9 Å². The third-order valence-electron chi connectivity index (χ3n) is 11.4. The van der Waals surface area contributed by atoms with Gasteiger partial charge in [0.15, 0.2) is 6.10 Å². The molecule has 0 fully saturated rings. The third-order valence-corrected chi connectivity index (χ3v) is 11.4. The maximum absolute atomic E-state index is 12.7. The van der Waals surface area contributed by atoms with Gasteiger partial charge in [-0.1, -0.05) is 237 Å². The van der Waals surface area contributed by atoms with Gasteiger partial charge in [-0.2, -0.15) is 0 Å². The van der Waals surface area contributed by atoms with E-state index in [0.717, 1.165) is 89.9 Å². The molecule has 6 heteroatoms. The van der Waals surface area contributed by atoms with Crippen molar-refractivity contribution in [1.29, 1.82) is 0 Å². The van der Waals surface area contributed by atoms with E-state index in [2.05, 4.69) is 57.2 Å². The molecule has 60 heavy (non-hydrogen) atoms. The van der Waals surface area contributed by atoms with E-state index in [-0.39, 0.29) is 31.1 Å². The summed E-state index contributed by atoms with van der Waals surface area (Å²) in [5, 5.41) is 0. The number of hydrogen-bond acceptors (Lipinski definition) is 6. The maximum atomic E-state index is 12.7. The van der Waals surface area contributed by atoms with Crippen molar-refractivity contribution in [3.8, 4) is 0 Å². The van der Waals surface area contributed by atoms with E-state index >= 15 is 0 Å². The molecule has 0 aromatic carbocycles. The van der Waals surface area contributed by atoms with Gasteiger partial charge in [-0.3, -0.25) is 14.4 Å². The zero-order chi connectivity index (χ0) is 43.7. The molecule has 0 spiro atoms. The molecule has 0 rings (SSSR count). The lowest BCUT2D eigenvalue weighted by Gasteiger charge is -2.18. The van der Waals surface area contributed by atoms with Gasteiger partial charge in [0.2, 0.25) is 0 Å². The molecule has 0 aliphatic heterocycles. The Morgan fingerprint density at radius 2 is 0.650 bits per heavy atom. The minimum atomic E-state index is -0.779. The van der Waals surface area contributed by atoms with Crippen molar-refractivity contribution >= 4 is 17.9 Å². The van der Waals surface area contributed by atoms with Crippen molar-refractivity contribution in [2.24, 2.45) is 0 Å². The zero-order valence-electron chi connectivity index (χ0n) is 40.0. The van der Waals surface area contributed by atoms with E-state index < -0.39 is 6.10 Å². The number of hydrogen-bond donors (Lipinski definition) is 0. The van der Waals surface area contributed by atoms with Crippen molar-refractivity contribution < 1.29 is 28.6 Å². The Kier molecular flexibility index (Phi) is 47.3. The van der Waals surface area contributed by atoms with Crippen LogP contribution in [0.25, 0.3) is 0 Å². The molecule has 0 aromatic rings. The molecule has 1 unspecified atom stereocenters. The lowest BCUT2D eigenvalue weighted by atomic mass is 10.0. The lowest BCUT2D eigenvalue weighted by Crippen LogP contribution is -2.30. The van der Waals surface area contributed by atoms with Crippen molar-refractivity contribution in [1.82, 2.24) is 0 Å². The van der Waals surface area contributed by atoms with Gasteiger partial charge in [0.1, 0.15) is 13.2 Å². The van der Waals surface area contributed by atoms with Gasteiger partial charge in [-0.05, 0) is 51.4 Å². The number of rotatable bonds is 47. The Bertz CT molecular complexity index is 1020. The van der Waals surface area contributed by atoms with Crippen molar-refractivity contribution in [3.63, 3.8) is 0 Å². The van der Waals surface area contributed by atoms with Crippen LogP contribution in [0, 0.1) is 0 Å². The van der Waals surface area contributed by atoms with Gasteiger partial charge < -0.3 is 14.2 Å². The maximum Gasteiger partial charge on any atom is 0.306 e. The highest BCUT2D eigenvalue weighted by Crippen LogP contribution is 2.16. The molecular formula is C54H98O6. The summed E-state index contributed by atoms with van der Waals surface area (Å²) in [7, 11) is 0. The molecule has 0 aliphatic rings. The standard InChI is InChI=1S/C54H98O6/c1-4-7-10-13-15-17-19-21-22-23-24-25-26-27-28-29-30-31-33-34-36-38-41-44-47-53(56)59-50-51(49-58-52(55)46-43-40-12-9-6-3)60-54(57)48-45-42-39-37-35-32-20-18-16-14-11-8-5-2/h8,11,16,18,32,35,51H,4-7,9-10,12-15,17,19-31,33-34,36-50H2,1-3H3/b11-8-,18-16-,35-32-. The van der Waals surface area contributed by atoms with E-state index in [0.29, 0.717) is 19.3 Å². The first-order valence-corrected chi connectivity index (χ1v) is 26.0. The summed E-state index contributed by atoms with van der Waals surface area (Å²) in [6, 6.07) is 0. The van der Waals surface area contributed by atoms with Crippen LogP contribution in [0.4, 0.5) is 0 Å². The van der Waals surface area contributed by atoms with E-state index in [9.17, 15) is 14.4 Å². The number of ether oxygens (including phenoxy) is 3. The fourth-order valence-electron chi connectivity index (χ4n) is 7.52. The highest BCUT2D eigenvalue weighted by Gasteiger charge is 2.19. The minimum absolute atomic E-state index is 0.0815. The summed E-state index contributed by atoms with van der Waals surface area (Å²) in [5.74, 6) is -0.917. The average molecular weight is 843 g/mol. The first-order valence-electron chi connectivity index (χ1n) is 26.0. The number of allylic oxidation sites excluding steroid dienone is 6. The summed E-state index contributed by atoms with van der Waals surface area (Å²) >= 11 is 0. The minimum Gasteiger partial charge on any atom is -0.462 e. The van der Waals surface area contributed by atoms with Gasteiger partial charge in [-0.15, -0.1) is 0 Å². The summed E-state index contributed by atoms with van der Waals surface area (Å²) in [6.45, 7) is 6.44. The van der Waals surface area contributed by atoms with Crippen molar-refractivity contribution in [3.05, 3.63) is 36.5 Å². The van der Waals surface area contributed by atoms with Gasteiger partial charge in [0.05, 0.1) is 0 Å². The lowest BCUT2D eigenvalue weighted by molar-refractivity contribution is -0.167. The van der Waals surface area contributed by atoms with E-state index in [1.807, 2.05) is 0 Å². The Balaban J connectivity index is 4.04. The Morgan fingerprint density at radius 3 is 1.02 bits per heavy atom. The van der Waals surface area contributed by atoms with Crippen LogP contribution in [-0.4, -0.2) is 37.2 Å². The first-order chi connectivity index (χ1) is 29.5. The molecule has 0 radical (unpaired) electrons. The van der Waals surface area contributed by atoms with Crippen LogP contribution in [0.1, 0.15) is 271 Å². The number of carbonyl (C=O) groups excluding carboxylic acids is 3. The molecule has 0 saturated heterocycles. The molecular weight excluding hydrogens is 745 g/mol. The van der Waals surface area contributed by atoms with Crippen molar-refractivity contribution in [2.45, 2.75) is 277 Å². The van der Waals surface area contributed by atoms with Crippen LogP contribution < -0.4 is 0 Å². The predicted octanol–water partition coefficient (Wildman–Crippen LogP) is 16.9. The molecule has 0 saturated carbocycles. The molecule has 350 valence electrons. The third kappa shape index (κ3) is 46.7. The first kappa shape index (κ1) is 57.6. The molecule has 0 amide bonds. The molecule has 0 N–H and O–H groups in total. The Hall–Kier alpha value is -2.37. The van der Waals surface area contributed by atoms with Gasteiger partial charge in [-0.25, -0.2) is 0 Å². The second-order valence-electron chi connectivity index (χ2n) is 17.4. The molecule has 1 atom stereocenters. The predicted molar refractivity (Wildman–Crippen MR) is 256 cm³/mol. The molecule has 0 heterocycles. The average Bonchev–Trinajstić information content (AvgIpc) is 3.24. The van der Waals surface area contributed by atoms with Crippen LogP contribution in [-0.2, 0) is 28.6 Å². The van der Waals surface area contributed by atoms with Gasteiger partial charge in [0.25, 0.3) is 0 Å². The SMILES string of the molecule is CC/C=C\C/C=C\C/C=C\CCCCCC(=O)OC(COC(=O)CCCCCCC)COC(=O)CCCCCCCCCCCCCCCCCCCCCCCCCC. The van der Waals surface area contributed by atoms with Gasteiger partial charge in [0, 0.05) is 19.3 Å². The smallest absolute Gasteiger partial charge is 0.306 e. The van der Waals surface area contributed by atoms with Crippen LogP contribution in [0.3, 0.4) is 0 Å².